The summed E-state index contributed by atoms with van der Waals surface area (Å²) < 4.78 is 5.09. The minimum absolute atomic E-state index is 0.258. The average molecular weight is 370 g/mol. The number of piperazine rings is 1. The van der Waals surface area contributed by atoms with Gasteiger partial charge in [0, 0.05) is 37.9 Å². The Morgan fingerprint density at radius 1 is 1.12 bits per heavy atom. The summed E-state index contributed by atoms with van der Waals surface area (Å²) in [5.41, 5.74) is 10.6. The molecule has 0 atom stereocenters. The van der Waals surface area contributed by atoms with Crippen LogP contribution >= 0.6 is 12.2 Å². The second-order valence-electron chi connectivity index (χ2n) is 5.79. The summed E-state index contributed by atoms with van der Waals surface area (Å²) in [6.45, 7) is 3.46. The number of nitrogens with two attached hydrogens (primary N) is 1. The molecule has 1 fully saturated rings. The number of anilines is 1. The van der Waals surface area contributed by atoms with Gasteiger partial charge in [-0.05, 0) is 30.4 Å². The van der Waals surface area contributed by atoms with Gasteiger partial charge in [0.15, 0.2) is 10.9 Å². The van der Waals surface area contributed by atoms with Crippen molar-refractivity contribution in [2.75, 3.05) is 38.2 Å². The molecule has 0 aliphatic carbocycles. The number of ether oxygens (including phenoxy) is 1. The number of hydrogen-bond donors (Lipinski definition) is 2. The summed E-state index contributed by atoms with van der Waals surface area (Å²) in [7, 11) is 1.56. The van der Waals surface area contributed by atoms with Crippen LogP contribution in [0.4, 0.5) is 5.69 Å². The number of nitrogens with zero attached hydrogens (tertiary/aromatic N) is 4. The molecule has 3 N–H and O–H groups in total. The smallest absolute Gasteiger partial charge is 0.213 e. The van der Waals surface area contributed by atoms with Crippen molar-refractivity contribution in [1.29, 1.82) is 0 Å². The van der Waals surface area contributed by atoms with Crippen LogP contribution in [0.25, 0.3) is 0 Å². The Morgan fingerprint density at radius 3 is 2.54 bits per heavy atom. The highest BCUT2D eigenvalue weighted by molar-refractivity contribution is 7.80. The lowest BCUT2D eigenvalue weighted by Gasteiger charge is -2.36. The fraction of sp³-hybridized carbons (Fsp3) is 0.278. The van der Waals surface area contributed by atoms with Crippen molar-refractivity contribution in [3.8, 4) is 5.88 Å². The largest absolute Gasteiger partial charge is 0.481 e. The molecule has 2 aromatic rings. The molecule has 1 aromatic heterocycles. The van der Waals surface area contributed by atoms with Crippen LogP contribution in [0.2, 0.25) is 0 Å². The van der Waals surface area contributed by atoms with Crippen LogP contribution in [0.15, 0.2) is 53.6 Å². The number of pyridine rings is 1. The Kier molecular flexibility index (Phi) is 5.85. The summed E-state index contributed by atoms with van der Waals surface area (Å²) >= 11 is 5.43. The number of benzene rings is 1. The molecule has 1 aliphatic rings. The van der Waals surface area contributed by atoms with Crippen molar-refractivity contribution in [3.05, 3.63) is 54.2 Å². The third-order valence-electron chi connectivity index (χ3n) is 4.16. The predicted octanol–water partition coefficient (Wildman–Crippen LogP) is 1.41. The second-order valence-corrected chi connectivity index (χ2v) is 6.18. The molecule has 2 heterocycles. The van der Waals surface area contributed by atoms with Crippen LogP contribution in [0.1, 0.15) is 5.69 Å². The first-order valence-corrected chi connectivity index (χ1v) is 8.77. The van der Waals surface area contributed by atoms with E-state index in [0.29, 0.717) is 16.7 Å². The van der Waals surface area contributed by atoms with Crippen LogP contribution in [0, 0.1) is 0 Å². The van der Waals surface area contributed by atoms with E-state index in [4.69, 9.17) is 22.7 Å². The Hall–Kier alpha value is -2.87. The first-order chi connectivity index (χ1) is 12.7. The van der Waals surface area contributed by atoms with E-state index in [1.807, 2.05) is 12.1 Å². The van der Waals surface area contributed by atoms with Crippen LogP contribution < -0.4 is 20.8 Å². The molecule has 1 aromatic carbocycles. The van der Waals surface area contributed by atoms with Crippen LogP contribution in [-0.2, 0) is 0 Å². The number of rotatable bonds is 4. The van der Waals surface area contributed by atoms with Gasteiger partial charge in [0.05, 0.1) is 7.11 Å². The van der Waals surface area contributed by atoms with Crippen LogP contribution in [0.5, 0.6) is 5.88 Å². The maximum absolute atomic E-state index is 5.98. The Morgan fingerprint density at radius 2 is 1.85 bits per heavy atom. The van der Waals surface area contributed by atoms with Crippen molar-refractivity contribution >= 4 is 28.9 Å². The first-order valence-electron chi connectivity index (χ1n) is 8.37. The first kappa shape index (κ1) is 17.9. The van der Waals surface area contributed by atoms with Gasteiger partial charge in [-0.3, -0.25) is 5.43 Å². The van der Waals surface area contributed by atoms with Gasteiger partial charge in [-0.2, -0.15) is 5.10 Å². The fourth-order valence-electron chi connectivity index (χ4n) is 2.71. The fourth-order valence-corrected chi connectivity index (χ4v) is 2.94. The van der Waals surface area contributed by atoms with E-state index >= 15 is 0 Å². The highest BCUT2D eigenvalue weighted by atomic mass is 32.1. The average Bonchev–Trinajstić information content (AvgIpc) is 2.72. The lowest BCUT2D eigenvalue weighted by Crippen LogP contribution is -2.51. The van der Waals surface area contributed by atoms with E-state index in [2.05, 4.69) is 49.6 Å². The maximum Gasteiger partial charge on any atom is 0.213 e. The summed E-state index contributed by atoms with van der Waals surface area (Å²) in [6, 6.07) is 15.7. The quantitative estimate of drug-likeness (QED) is 0.365. The SMILES string of the molecule is COc1cccc(/C(N)=N/NC(=S)N2CCN(c3ccccc3)CC2)n1. The second kappa shape index (κ2) is 8.48. The number of para-hydroxylation sites is 1. The van der Waals surface area contributed by atoms with E-state index in [9.17, 15) is 0 Å². The number of aromatic nitrogens is 1. The molecular weight excluding hydrogens is 348 g/mol. The summed E-state index contributed by atoms with van der Waals surface area (Å²) in [6.07, 6.45) is 0. The van der Waals surface area contributed by atoms with E-state index in [0.717, 1.165) is 26.2 Å². The van der Waals surface area contributed by atoms with Crippen LogP contribution in [0.3, 0.4) is 0 Å². The topological polar surface area (TPSA) is 79.0 Å². The third kappa shape index (κ3) is 4.40. The Labute approximate surface area is 158 Å². The van der Waals surface area contributed by atoms with Crippen molar-refractivity contribution in [1.82, 2.24) is 15.3 Å². The highest BCUT2D eigenvalue weighted by Gasteiger charge is 2.19. The molecule has 0 spiro atoms. The van der Waals surface area contributed by atoms with Crippen molar-refractivity contribution in [2.24, 2.45) is 10.8 Å². The Bertz CT molecular complexity index is 774. The normalized spacial score (nSPS) is 14.9. The van der Waals surface area contributed by atoms with E-state index in [1.54, 1.807) is 19.2 Å². The van der Waals surface area contributed by atoms with Gasteiger partial charge < -0.3 is 20.3 Å². The number of methoxy groups -OCH3 is 1. The molecular formula is C18H22N6OS. The molecule has 0 radical (unpaired) electrons. The molecule has 0 saturated carbocycles. The van der Waals surface area contributed by atoms with Crippen molar-refractivity contribution in [2.45, 2.75) is 0 Å². The molecule has 136 valence electrons. The van der Waals surface area contributed by atoms with Gasteiger partial charge in [0.25, 0.3) is 0 Å². The number of nitrogens with one attached hydrogen (secondary N) is 1. The Balaban J connectivity index is 1.54. The third-order valence-corrected chi connectivity index (χ3v) is 4.50. The van der Waals surface area contributed by atoms with Gasteiger partial charge in [-0.15, -0.1) is 0 Å². The standard InChI is InChI=1S/C18H22N6OS/c1-25-16-9-5-8-15(20-16)17(19)21-22-18(26)24-12-10-23(11-13-24)14-6-3-2-4-7-14/h2-9H,10-13H2,1H3,(H2,19,21)(H,22,26). The molecule has 0 amide bonds. The molecule has 1 saturated heterocycles. The highest BCUT2D eigenvalue weighted by Crippen LogP contribution is 2.15. The lowest BCUT2D eigenvalue weighted by molar-refractivity contribution is 0.381. The van der Waals surface area contributed by atoms with E-state index in [1.165, 1.54) is 5.69 Å². The van der Waals surface area contributed by atoms with Crippen molar-refractivity contribution < 1.29 is 4.74 Å². The van der Waals surface area contributed by atoms with Gasteiger partial charge in [0.1, 0.15) is 5.69 Å². The van der Waals surface area contributed by atoms with Gasteiger partial charge in [-0.25, -0.2) is 4.98 Å². The molecule has 1 aliphatic heterocycles. The molecule has 26 heavy (non-hydrogen) atoms. The summed E-state index contributed by atoms with van der Waals surface area (Å²) in [4.78, 5) is 8.68. The molecule has 3 rings (SSSR count). The van der Waals surface area contributed by atoms with Crippen molar-refractivity contribution in [3.63, 3.8) is 0 Å². The summed E-state index contributed by atoms with van der Waals surface area (Å²) in [5, 5.41) is 4.71. The molecule has 0 unspecified atom stereocenters. The number of thiocarbonyl (C=S) groups is 1. The zero-order chi connectivity index (χ0) is 18.4. The van der Waals surface area contributed by atoms with E-state index in [-0.39, 0.29) is 5.84 Å². The summed E-state index contributed by atoms with van der Waals surface area (Å²) in [5.74, 6) is 0.745. The zero-order valence-corrected chi connectivity index (χ0v) is 15.4. The minimum Gasteiger partial charge on any atom is -0.481 e. The molecule has 8 heteroatoms. The van der Waals surface area contributed by atoms with Gasteiger partial charge in [0.2, 0.25) is 5.88 Å². The lowest BCUT2D eigenvalue weighted by atomic mass is 10.2. The molecule has 0 bridgehead atoms. The predicted molar refractivity (Wildman–Crippen MR) is 107 cm³/mol. The maximum atomic E-state index is 5.98. The minimum atomic E-state index is 0.258. The molecule has 7 nitrogen and oxygen atoms in total. The van der Waals surface area contributed by atoms with Crippen LogP contribution in [-0.4, -0.2) is 54.1 Å². The van der Waals surface area contributed by atoms with Gasteiger partial charge in [-0.1, -0.05) is 24.3 Å². The monoisotopic (exact) mass is 370 g/mol. The number of amidine groups is 1. The number of hydrazone groups is 1. The zero-order valence-electron chi connectivity index (χ0n) is 14.6. The number of hydrogen-bond acceptors (Lipinski definition) is 5. The van der Waals surface area contributed by atoms with Gasteiger partial charge >= 0.3 is 0 Å². The van der Waals surface area contributed by atoms with E-state index < -0.39 is 0 Å².